The third-order valence-electron chi connectivity index (χ3n) is 2.48. The molecule has 4 nitrogen and oxygen atoms in total. The van der Waals surface area contributed by atoms with E-state index in [0.717, 1.165) is 18.0 Å². The van der Waals surface area contributed by atoms with Crippen LogP contribution in [0.15, 0.2) is 24.3 Å². The van der Waals surface area contributed by atoms with Crippen molar-refractivity contribution in [1.29, 1.82) is 0 Å². The Hall–Kier alpha value is -0.880. The Balaban J connectivity index is 1.89. The molecule has 1 atom stereocenters. The molecule has 1 aliphatic rings. The Morgan fingerprint density at radius 1 is 1.47 bits per heavy atom. The van der Waals surface area contributed by atoms with Gasteiger partial charge in [0.25, 0.3) is 5.69 Å². The summed E-state index contributed by atoms with van der Waals surface area (Å²) in [6, 6.07) is 6.67. The molecular formula is C11H14N2O2S2. The molecule has 0 saturated carbocycles. The van der Waals surface area contributed by atoms with Gasteiger partial charge in [0.05, 0.1) is 4.92 Å². The summed E-state index contributed by atoms with van der Waals surface area (Å²) in [6.45, 7) is 0.874. The van der Waals surface area contributed by atoms with E-state index < -0.39 is 0 Å². The lowest BCUT2D eigenvalue weighted by atomic mass is 10.3. The fourth-order valence-electron chi connectivity index (χ4n) is 1.62. The number of anilines is 1. The molecule has 1 unspecified atom stereocenters. The molecule has 1 saturated heterocycles. The van der Waals surface area contributed by atoms with Crippen molar-refractivity contribution in [1.82, 2.24) is 0 Å². The predicted molar refractivity (Wildman–Crippen MR) is 75.2 cm³/mol. The Morgan fingerprint density at radius 2 is 2.35 bits per heavy atom. The third-order valence-corrected chi connectivity index (χ3v) is 5.32. The van der Waals surface area contributed by atoms with Gasteiger partial charge in [0.1, 0.15) is 0 Å². The number of hydrogen-bond acceptors (Lipinski definition) is 5. The van der Waals surface area contributed by atoms with E-state index in [1.54, 1.807) is 12.1 Å². The van der Waals surface area contributed by atoms with Crippen LogP contribution in [-0.4, -0.2) is 34.0 Å². The molecule has 0 radical (unpaired) electrons. The molecule has 0 aromatic heterocycles. The number of nitrogens with zero attached hydrogens (tertiary/aromatic N) is 1. The number of non-ortho nitro benzene ring substituents is 1. The normalized spacial score (nSPS) is 19.9. The average molecular weight is 270 g/mol. The quantitative estimate of drug-likeness (QED) is 0.673. The Labute approximate surface area is 109 Å². The monoisotopic (exact) mass is 270 g/mol. The van der Waals surface area contributed by atoms with Crippen LogP contribution in [0.1, 0.15) is 0 Å². The number of nitro groups is 1. The second-order valence-electron chi connectivity index (χ2n) is 3.76. The van der Waals surface area contributed by atoms with Crippen molar-refractivity contribution in [3.8, 4) is 0 Å². The SMILES string of the molecule is O=[N+]([O-])c1cccc(NCC2CSCCS2)c1. The lowest BCUT2D eigenvalue weighted by Crippen LogP contribution is -2.23. The highest BCUT2D eigenvalue weighted by atomic mass is 32.2. The standard InChI is InChI=1S/C11H14N2O2S2/c14-13(15)10-3-1-2-9(6-10)12-7-11-8-16-4-5-17-11/h1-3,6,11-12H,4-5,7-8H2. The summed E-state index contributed by atoms with van der Waals surface area (Å²) in [5.74, 6) is 3.59. The van der Waals surface area contributed by atoms with E-state index in [4.69, 9.17) is 0 Å². The smallest absolute Gasteiger partial charge is 0.271 e. The minimum absolute atomic E-state index is 0.140. The van der Waals surface area contributed by atoms with Gasteiger partial charge in [-0.25, -0.2) is 0 Å². The summed E-state index contributed by atoms with van der Waals surface area (Å²) in [7, 11) is 0. The Kier molecular flexibility index (Phi) is 4.56. The first kappa shape index (κ1) is 12.6. The van der Waals surface area contributed by atoms with E-state index >= 15 is 0 Å². The molecule has 0 bridgehead atoms. The van der Waals surface area contributed by atoms with Crippen molar-refractivity contribution in [3.63, 3.8) is 0 Å². The maximum atomic E-state index is 10.6. The Bertz CT molecular complexity index is 395. The summed E-state index contributed by atoms with van der Waals surface area (Å²) in [6.07, 6.45) is 0. The molecule has 1 heterocycles. The van der Waals surface area contributed by atoms with Crippen LogP contribution in [0.25, 0.3) is 0 Å². The minimum atomic E-state index is -0.365. The van der Waals surface area contributed by atoms with Crippen molar-refractivity contribution in [2.75, 3.05) is 29.1 Å². The highest BCUT2D eigenvalue weighted by Gasteiger charge is 2.14. The fraction of sp³-hybridized carbons (Fsp3) is 0.455. The van der Waals surface area contributed by atoms with E-state index in [1.165, 1.54) is 17.6 Å². The van der Waals surface area contributed by atoms with Gasteiger partial charge in [-0.05, 0) is 6.07 Å². The first-order valence-electron chi connectivity index (χ1n) is 5.43. The second kappa shape index (κ2) is 6.16. The molecule has 1 N–H and O–H groups in total. The van der Waals surface area contributed by atoms with Gasteiger partial charge < -0.3 is 5.32 Å². The van der Waals surface area contributed by atoms with Gasteiger partial charge in [-0.15, -0.1) is 0 Å². The lowest BCUT2D eigenvalue weighted by Gasteiger charge is -2.21. The summed E-state index contributed by atoms with van der Waals surface area (Å²) in [5.41, 5.74) is 0.969. The summed E-state index contributed by atoms with van der Waals surface area (Å²) < 4.78 is 0. The molecule has 6 heteroatoms. The summed E-state index contributed by atoms with van der Waals surface area (Å²) in [4.78, 5) is 10.3. The van der Waals surface area contributed by atoms with Crippen molar-refractivity contribution in [3.05, 3.63) is 34.4 Å². The van der Waals surface area contributed by atoms with Crippen LogP contribution in [-0.2, 0) is 0 Å². The molecule has 1 aromatic carbocycles. The van der Waals surface area contributed by atoms with Crippen LogP contribution in [0.3, 0.4) is 0 Å². The lowest BCUT2D eigenvalue weighted by molar-refractivity contribution is -0.384. The number of hydrogen-bond donors (Lipinski definition) is 1. The number of rotatable bonds is 4. The number of nitrogens with one attached hydrogen (secondary N) is 1. The van der Waals surface area contributed by atoms with E-state index in [0.29, 0.717) is 5.25 Å². The first-order chi connectivity index (χ1) is 8.25. The van der Waals surface area contributed by atoms with Crippen molar-refractivity contribution in [2.45, 2.75) is 5.25 Å². The zero-order chi connectivity index (χ0) is 12.1. The van der Waals surface area contributed by atoms with Gasteiger partial charge in [0, 0.05) is 46.9 Å². The largest absolute Gasteiger partial charge is 0.384 e. The van der Waals surface area contributed by atoms with Gasteiger partial charge in [-0.3, -0.25) is 10.1 Å². The van der Waals surface area contributed by atoms with Crippen LogP contribution in [0.4, 0.5) is 11.4 Å². The predicted octanol–water partition coefficient (Wildman–Crippen LogP) is 2.86. The number of thioether (sulfide) groups is 2. The topological polar surface area (TPSA) is 55.2 Å². The zero-order valence-corrected chi connectivity index (χ0v) is 10.9. The van der Waals surface area contributed by atoms with Crippen molar-refractivity contribution in [2.24, 2.45) is 0 Å². The second-order valence-corrected chi connectivity index (χ2v) is 6.31. The minimum Gasteiger partial charge on any atom is -0.384 e. The van der Waals surface area contributed by atoms with Crippen LogP contribution >= 0.6 is 23.5 Å². The van der Waals surface area contributed by atoms with Crippen LogP contribution in [0, 0.1) is 10.1 Å². The molecular weight excluding hydrogens is 256 g/mol. The Morgan fingerprint density at radius 3 is 3.06 bits per heavy atom. The van der Waals surface area contributed by atoms with Crippen LogP contribution < -0.4 is 5.32 Å². The summed E-state index contributed by atoms with van der Waals surface area (Å²) in [5, 5.41) is 14.5. The van der Waals surface area contributed by atoms with Gasteiger partial charge in [0.15, 0.2) is 0 Å². The molecule has 1 aliphatic heterocycles. The number of nitro benzene ring substituents is 1. The van der Waals surface area contributed by atoms with E-state index in [1.807, 2.05) is 29.6 Å². The first-order valence-corrected chi connectivity index (χ1v) is 7.64. The average Bonchev–Trinajstić information content (AvgIpc) is 2.38. The molecule has 1 aromatic rings. The van der Waals surface area contributed by atoms with E-state index in [-0.39, 0.29) is 10.6 Å². The fourth-order valence-corrected chi connectivity index (χ4v) is 4.23. The van der Waals surface area contributed by atoms with Gasteiger partial charge >= 0.3 is 0 Å². The molecule has 1 fully saturated rings. The maximum absolute atomic E-state index is 10.6. The van der Waals surface area contributed by atoms with Crippen molar-refractivity contribution >= 4 is 34.9 Å². The van der Waals surface area contributed by atoms with E-state index in [9.17, 15) is 10.1 Å². The molecule has 17 heavy (non-hydrogen) atoms. The zero-order valence-electron chi connectivity index (χ0n) is 9.30. The van der Waals surface area contributed by atoms with Crippen LogP contribution in [0.5, 0.6) is 0 Å². The van der Waals surface area contributed by atoms with Crippen molar-refractivity contribution < 1.29 is 4.92 Å². The molecule has 92 valence electrons. The van der Waals surface area contributed by atoms with Crippen LogP contribution in [0.2, 0.25) is 0 Å². The maximum Gasteiger partial charge on any atom is 0.271 e. The molecule has 2 rings (SSSR count). The number of benzene rings is 1. The van der Waals surface area contributed by atoms with E-state index in [2.05, 4.69) is 5.32 Å². The highest BCUT2D eigenvalue weighted by molar-refractivity contribution is 8.06. The van der Waals surface area contributed by atoms with Gasteiger partial charge in [-0.1, -0.05) is 6.07 Å². The third kappa shape index (κ3) is 3.81. The van der Waals surface area contributed by atoms with Gasteiger partial charge in [-0.2, -0.15) is 23.5 Å². The molecule has 0 spiro atoms. The van der Waals surface area contributed by atoms with Gasteiger partial charge in [0.2, 0.25) is 0 Å². The molecule has 0 aliphatic carbocycles. The molecule has 0 amide bonds. The summed E-state index contributed by atoms with van der Waals surface area (Å²) >= 11 is 3.95. The highest BCUT2D eigenvalue weighted by Crippen LogP contribution is 2.24.